The Balaban J connectivity index is 1.96. The largest absolute Gasteiger partial charge is 0.507 e. The molecule has 296 valence electrons. The zero-order valence-electron chi connectivity index (χ0n) is 32.8. The summed E-state index contributed by atoms with van der Waals surface area (Å²) < 4.78 is 23.5. The third-order valence-corrected chi connectivity index (χ3v) is 10.6. The van der Waals surface area contributed by atoms with Gasteiger partial charge in [0, 0.05) is 73.3 Å². The number of nitrogens with zero attached hydrogens (tertiary/aromatic N) is 1. The average Bonchev–Trinajstić information content (AvgIpc) is 3.38. The summed E-state index contributed by atoms with van der Waals surface area (Å²) in [6.45, 7) is 12.6. The van der Waals surface area contributed by atoms with Crippen LogP contribution in [-0.2, 0) is 30.3 Å². The summed E-state index contributed by atoms with van der Waals surface area (Å²) in [6, 6.07) is 0. The van der Waals surface area contributed by atoms with Crippen LogP contribution in [0.4, 0.5) is 5.69 Å². The predicted molar refractivity (Wildman–Crippen MR) is 201 cm³/mol. The Labute approximate surface area is 315 Å². The molecule has 0 fully saturated rings. The van der Waals surface area contributed by atoms with E-state index in [1.54, 1.807) is 58.8 Å². The molecule has 3 heterocycles. The number of Topliss-reactive ketones (excluding diaryl/α,β-unsaturated/α-hetero) is 1. The molecule has 2 aromatic carbocycles. The van der Waals surface area contributed by atoms with E-state index in [2.05, 4.69) is 5.32 Å². The molecule has 9 atom stereocenters. The first-order valence-corrected chi connectivity index (χ1v) is 17.9. The van der Waals surface area contributed by atoms with Gasteiger partial charge in [-0.1, -0.05) is 45.9 Å². The Hall–Kier alpha value is -4.63. The average molecular weight is 755 g/mol. The number of aromatic hydroxyl groups is 3. The number of nitrogens with one attached hydrogen (secondary N) is 1. The third-order valence-electron chi connectivity index (χ3n) is 10.6. The van der Waals surface area contributed by atoms with E-state index in [9.17, 15) is 39.9 Å². The van der Waals surface area contributed by atoms with Crippen molar-refractivity contribution in [2.45, 2.75) is 92.1 Å². The lowest BCUT2D eigenvalue weighted by molar-refractivity contribution is -0.160. The number of aliphatic hydroxyl groups excluding tert-OH is 2. The van der Waals surface area contributed by atoms with E-state index in [1.807, 2.05) is 0 Å². The molecule has 3 aliphatic rings. The standard InChI is InChI=1S/C40H54N2O12/c1-18-13-12-14-19(2)39(50)41-30-25(17-42(9)10)34(47)27-28(35(30)48)33(46)23(6)37-29(27)38(49)40(8,54-37)52-16-15-26(51-11)20(3)36(53-24(7)43)22(5)32(45)21(4)31(18)44/h12-16,18,20-22,26,31-32,36,44-48H,17H2,1-11H3,(H,41,50)/t18-,20-,21-,22-,26+,31-,32-,36-,40-/m0/s1. The van der Waals surface area contributed by atoms with E-state index >= 15 is 0 Å². The molecule has 5 bridgehead atoms. The molecule has 0 aliphatic carbocycles. The van der Waals surface area contributed by atoms with Gasteiger partial charge in [-0.15, -0.1) is 0 Å². The van der Waals surface area contributed by atoms with E-state index in [4.69, 9.17) is 18.9 Å². The van der Waals surface area contributed by atoms with Gasteiger partial charge in [-0.2, -0.15) is 0 Å². The first-order valence-electron chi connectivity index (χ1n) is 17.9. The fraction of sp³-hybridized carbons (Fsp3) is 0.525. The molecule has 5 rings (SSSR count). The van der Waals surface area contributed by atoms with Gasteiger partial charge >= 0.3 is 11.8 Å². The number of benzene rings is 2. The second-order valence-corrected chi connectivity index (χ2v) is 14.9. The Morgan fingerprint density at radius 3 is 2.19 bits per heavy atom. The van der Waals surface area contributed by atoms with E-state index < -0.39 is 88.8 Å². The number of esters is 1. The van der Waals surface area contributed by atoms with Gasteiger partial charge in [0.05, 0.1) is 41.2 Å². The number of anilines is 1. The quantitative estimate of drug-likeness (QED) is 0.141. The Morgan fingerprint density at radius 2 is 1.59 bits per heavy atom. The number of carbonyl (C=O) groups is 3. The molecule has 0 saturated carbocycles. The number of phenolic OH excluding ortho intramolecular Hbond substituents is 3. The van der Waals surface area contributed by atoms with Crippen molar-refractivity contribution in [1.29, 1.82) is 0 Å². The van der Waals surface area contributed by atoms with E-state index in [0.29, 0.717) is 0 Å². The number of ketones is 1. The smallest absolute Gasteiger partial charge is 0.312 e. The highest BCUT2D eigenvalue weighted by atomic mass is 16.7. The molecule has 0 aromatic heterocycles. The number of aliphatic hydroxyl groups is 2. The van der Waals surface area contributed by atoms with Gasteiger partial charge in [-0.25, -0.2) is 0 Å². The zero-order valence-corrected chi connectivity index (χ0v) is 32.8. The number of carbonyl (C=O) groups excluding carboxylic acids is 3. The molecule has 0 unspecified atom stereocenters. The Kier molecular flexibility index (Phi) is 12.8. The molecule has 2 aromatic rings. The Bertz CT molecular complexity index is 1880. The van der Waals surface area contributed by atoms with Crippen LogP contribution in [0.15, 0.2) is 36.1 Å². The number of fused-ring (bicyclic) bond motifs is 14. The summed E-state index contributed by atoms with van der Waals surface area (Å²) in [6.07, 6.45) is 3.65. The monoisotopic (exact) mass is 754 g/mol. The Morgan fingerprint density at radius 1 is 0.944 bits per heavy atom. The molecule has 1 amide bonds. The van der Waals surface area contributed by atoms with Crippen molar-refractivity contribution in [2.24, 2.45) is 23.7 Å². The van der Waals surface area contributed by atoms with Gasteiger partial charge in [0.15, 0.2) is 5.75 Å². The molecule has 14 nitrogen and oxygen atoms in total. The van der Waals surface area contributed by atoms with Crippen LogP contribution in [0, 0.1) is 30.6 Å². The topological polar surface area (TPSA) is 205 Å². The van der Waals surface area contributed by atoms with E-state index in [-0.39, 0.29) is 51.0 Å². The number of amides is 1. The molecule has 0 saturated heterocycles. The van der Waals surface area contributed by atoms with Crippen LogP contribution >= 0.6 is 0 Å². The number of hydrogen-bond acceptors (Lipinski definition) is 13. The van der Waals surface area contributed by atoms with Crippen molar-refractivity contribution in [2.75, 3.05) is 26.5 Å². The minimum absolute atomic E-state index is 0.00552. The fourth-order valence-electron chi connectivity index (χ4n) is 7.26. The lowest BCUT2D eigenvalue weighted by Gasteiger charge is -2.38. The summed E-state index contributed by atoms with van der Waals surface area (Å²) >= 11 is 0. The van der Waals surface area contributed by atoms with E-state index in [0.717, 1.165) is 0 Å². The molecule has 6 N–H and O–H groups in total. The van der Waals surface area contributed by atoms with Gasteiger partial charge in [0.25, 0.3) is 11.7 Å². The van der Waals surface area contributed by atoms with Crippen molar-refractivity contribution < 1.29 is 58.9 Å². The van der Waals surface area contributed by atoms with Crippen LogP contribution in [0.25, 0.3) is 10.8 Å². The van der Waals surface area contributed by atoms with Crippen LogP contribution in [0.1, 0.15) is 70.0 Å². The van der Waals surface area contributed by atoms with Crippen molar-refractivity contribution in [3.8, 4) is 23.0 Å². The first-order chi connectivity index (χ1) is 25.2. The molecular weight excluding hydrogens is 700 g/mol. The highest BCUT2D eigenvalue weighted by Gasteiger charge is 2.50. The van der Waals surface area contributed by atoms with E-state index in [1.165, 1.54) is 53.2 Å². The minimum atomic E-state index is -2.01. The number of phenols is 3. The number of ether oxygens (including phenoxy) is 4. The number of methoxy groups -OCH3 is 1. The summed E-state index contributed by atoms with van der Waals surface area (Å²) in [4.78, 5) is 41.7. The van der Waals surface area contributed by atoms with Crippen molar-refractivity contribution in [3.05, 3.63) is 52.8 Å². The lowest BCUT2D eigenvalue weighted by atomic mass is 9.78. The van der Waals surface area contributed by atoms with Crippen LogP contribution in [0.3, 0.4) is 0 Å². The van der Waals surface area contributed by atoms with Gasteiger partial charge in [0.1, 0.15) is 23.4 Å². The summed E-state index contributed by atoms with van der Waals surface area (Å²) in [5.74, 6) is -7.98. The SMILES string of the molecule is CO[C@@H]1C=CO[C@@]2(C)Oc3c(C)c(O)c4c(O)c(c(CN(C)C)c(O)c4c3C2=O)NC(=O)C(C)=CC=C[C@H](C)[C@H](O)[C@H](C)[C@H](O)[C@H](C)[C@@H](OC(C)=O)[C@H]1C. The van der Waals surface area contributed by atoms with Crippen LogP contribution in [-0.4, -0.2) is 99.5 Å². The van der Waals surface area contributed by atoms with Crippen LogP contribution < -0.4 is 10.1 Å². The van der Waals surface area contributed by atoms with Crippen molar-refractivity contribution in [1.82, 2.24) is 4.90 Å². The molecule has 54 heavy (non-hydrogen) atoms. The lowest BCUT2D eigenvalue weighted by Crippen LogP contribution is -2.46. The fourth-order valence-corrected chi connectivity index (χ4v) is 7.26. The minimum Gasteiger partial charge on any atom is -0.507 e. The zero-order chi connectivity index (χ0) is 40.6. The molecule has 3 aliphatic heterocycles. The normalized spacial score (nSPS) is 29.6. The molecular formula is C40H54N2O12. The predicted octanol–water partition coefficient (Wildman–Crippen LogP) is 4.82. The number of hydrogen-bond donors (Lipinski definition) is 6. The van der Waals surface area contributed by atoms with Crippen molar-refractivity contribution in [3.63, 3.8) is 0 Å². The van der Waals surface area contributed by atoms with Crippen molar-refractivity contribution >= 4 is 34.1 Å². The highest BCUT2D eigenvalue weighted by Crippen LogP contribution is 2.55. The van der Waals surface area contributed by atoms with Crippen LogP contribution in [0.5, 0.6) is 23.0 Å². The van der Waals surface area contributed by atoms with Gasteiger partial charge < -0.3 is 54.7 Å². The summed E-state index contributed by atoms with van der Waals surface area (Å²) in [5.41, 5.74) is 0.0370. The maximum Gasteiger partial charge on any atom is 0.312 e. The maximum absolute atomic E-state index is 14.2. The summed E-state index contributed by atoms with van der Waals surface area (Å²) in [5, 5.41) is 59.9. The second-order valence-electron chi connectivity index (χ2n) is 14.9. The van der Waals surface area contributed by atoms with Crippen LogP contribution in [0.2, 0.25) is 0 Å². The second kappa shape index (κ2) is 16.4. The van der Waals surface area contributed by atoms with Gasteiger partial charge in [-0.3, -0.25) is 14.4 Å². The highest BCUT2D eigenvalue weighted by molar-refractivity contribution is 6.22. The first kappa shape index (κ1) is 42.1. The molecule has 0 spiro atoms. The number of allylic oxidation sites excluding steroid dienone is 2. The maximum atomic E-state index is 14.2. The molecule has 0 radical (unpaired) electrons. The number of rotatable bonds is 4. The molecule has 14 heteroatoms. The van der Waals surface area contributed by atoms with Gasteiger partial charge in [-0.05, 0) is 34.0 Å². The third kappa shape index (κ3) is 7.92. The van der Waals surface area contributed by atoms with Gasteiger partial charge in [0.2, 0.25) is 0 Å². The summed E-state index contributed by atoms with van der Waals surface area (Å²) in [7, 11) is 4.86.